The predicted octanol–water partition coefficient (Wildman–Crippen LogP) is 2.07. The fraction of sp³-hybridized carbons (Fsp3) is 0.222. The minimum Gasteiger partial charge on any atom is -0.335 e. The van der Waals surface area contributed by atoms with Crippen LogP contribution in [-0.2, 0) is 6.42 Å². The average molecular weight is 207 g/mol. The van der Waals surface area contributed by atoms with E-state index in [4.69, 9.17) is 4.52 Å². The van der Waals surface area contributed by atoms with Gasteiger partial charge in [0.15, 0.2) is 5.82 Å². The largest absolute Gasteiger partial charge is 0.335 e. The summed E-state index contributed by atoms with van der Waals surface area (Å²) < 4.78 is 4.89. The number of hydrogen-bond acceptors (Lipinski definition) is 5. The minimum atomic E-state index is 0.452. The maximum absolute atomic E-state index is 4.89. The Kier molecular flexibility index (Phi) is 2.41. The molecule has 2 heterocycles. The molecule has 0 saturated heterocycles. The van der Waals surface area contributed by atoms with E-state index < -0.39 is 0 Å². The molecule has 0 N–H and O–H groups in total. The quantitative estimate of drug-likeness (QED) is 0.773. The van der Waals surface area contributed by atoms with Crippen LogP contribution >= 0.6 is 11.3 Å². The van der Waals surface area contributed by atoms with Gasteiger partial charge in [0.25, 0.3) is 0 Å². The van der Waals surface area contributed by atoms with E-state index in [1.54, 1.807) is 11.3 Å². The fourth-order valence-electron chi connectivity index (χ4n) is 1.04. The normalized spacial score (nSPS) is 10.4. The van der Waals surface area contributed by atoms with Crippen molar-refractivity contribution in [1.29, 1.82) is 0 Å². The lowest BCUT2D eigenvalue weighted by molar-refractivity contribution is 0.404. The molecule has 72 valence electrons. The van der Waals surface area contributed by atoms with Crippen LogP contribution in [0.5, 0.6) is 0 Å². The second-order valence-electron chi connectivity index (χ2n) is 2.81. The average Bonchev–Trinajstić information content (AvgIpc) is 2.76. The van der Waals surface area contributed by atoms with Gasteiger partial charge in [-0.05, 0) is 13.0 Å². The van der Waals surface area contributed by atoms with Crippen molar-refractivity contribution in [2.75, 3.05) is 0 Å². The van der Waals surface area contributed by atoms with Crippen LogP contribution in [0, 0.1) is 6.92 Å². The molecule has 0 unspecified atom stereocenters. The molecule has 0 atom stereocenters. The van der Waals surface area contributed by atoms with Crippen LogP contribution in [0.1, 0.15) is 22.4 Å². The molecular weight excluding hydrogens is 198 g/mol. The first-order valence-electron chi connectivity index (χ1n) is 4.14. The van der Waals surface area contributed by atoms with Crippen LogP contribution in [0.15, 0.2) is 16.5 Å². The molecule has 2 aromatic rings. The van der Waals surface area contributed by atoms with Gasteiger partial charge in [-0.15, -0.1) is 11.3 Å². The summed E-state index contributed by atoms with van der Waals surface area (Å²) in [5, 5.41) is 6.80. The van der Waals surface area contributed by atoms with Crippen molar-refractivity contribution in [3.05, 3.63) is 34.4 Å². The molecule has 0 aliphatic carbocycles. The molecule has 0 bridgehead atoms. The van der Waals surface area contributed by atoms with Crippen molar-refractivity contribution in [3.63, 3.8) is 0 Å². The van der Waals surface area contributed by atoms with Gasteiger partial charge in [0.05, 0.1) is 6.42 Å². The Labute approximate surface area is 85.3 Å². The second-order valence-corrected chi connectivity index (χ2v) is 3.76. The lowest BCUT2D eigenvalue weighted by Crippen LogP contribution is -1.89. The number of rotatable bonds is 3. The maximum atomic E-state index is 4.89. The molecule has 0 spiro atoms. The third-order valence-electron chi connectivity index (χ3n) is 1.63. The highest BCUT2D eigenvalue weighted by molar-refractivity contribution is 7.09. The third kappa shape index (κ3) is 1.88. The van der Waals surface area contributed by atoms with Gasteiger partial charge in [0, 0.05) is 11.1 Å². The van der Waals surface area contributed by atoms with Crippen LogP contribution in [-0.4, -0.2) is 15.1 Å². The standard InChI is InChI=1S/C9H9N3OS/c1-3-8-11-7(12-13-8)4-9-10-6(2)5-14-9/h3,5H,1,4H2,2H3. The van der Waals surface area contributed by atoms with Crippen LogP contribution in [0.2, 0.25) is 0 Å². The van der Waals surface area contributed by atoms with Gasteiger partial charge in [-0.2, -0.15) is 4.98 Å². The molecule has 5 heteroatoms. The predicted molar refractivity (Wildman–Crippen MR) is 54.0 cm³/mol. The van der Waals surface area contributed by atoms with E-state index in [0.29, 0.717) is 18.1 Å². The highest BCUT2D eigenvalue weighted by Crippen LogP contribution is 2.12. The van der Waals surface area contributed by atoms with E-state index in [1.807, 2.05) is 12.3 Å². The minimum absolute atomic E-state index is 0.452. The number of aryl methyl sites for hydroxylation is 1. The smallest absolute Gasteiger partial charge is 0.250 e. The zero-order valence-corrected chi connectivity index (χ0v) is 8.54. The molecule has 2 aromatic heterocycles. The summed E-state index contributed by atoms with van der Waals surface area (Å²) in [5.41, 5.74) is 1.03. The van der Waals surface area contributed by atoms with Gasteiger partial charge >= 0.3 is 0 Å². The lowest BCUT2D eigenvalue weighted by atomic mass is 10.4. The topological polar surface area (TPSA) is 51.8 Å². The van der Waals surface area contributed by atoms with E-state index in [2.05, 4.69) is 21.7 Å². The maximum Gasteiger partial charge on any atom is 0.250 e. The van der Waals surface area contributed by atoms with Crippen molar-refractivity contribution in [2.24, 2.45) is 0 Å². The number of hydrogen-bond donors (Lipinski definition) is 0. The molecule has 14 heavy (non-hydrogen) atoms. The number of nitrogens with zero attached hydrogens (tertiary/aromatic N) is 3. The summed E-state index contributed by atoms with van der Waals surface area (Å²) in [6.07, 6.45) is 2.15. The highest BCUT2D eigenvalue weighted by atomic mass is 32.1. The van der Waals surface area contributed by atoms with Gasteiger partial charge in [0.2, 0.25) is 5.89 Å². The Morgan fingerprint density at radius 3 is 3.00 bits per heavy atom. The Morgan fingerprint density at radius 1 is 1.57 bits per heavy atom. The third-order valence-corrected chi connectivity index (χ3v) is 2.60. The zero-order chi connectivity index (χ0) is 9.97. The molecule has 4 nitrogen and oxygen atoms in total. The zero-order valence-electron chi connectivity index (χ0n) is 7.73. The summed E-state index contributed by atoms with van der Waals surface area (Å²) in [4.78, 5) is 8.42. The van der Waals surface area contributed by atoms with Crippen molar-refractivity contribution >= 4 is 17.4 Å². The number of thiazole rings is 1. The molecular formula is C9H9N3OS. The van der Waals surface area contributed by atoms with Crippen molar-refractivity contribution in [3.8, 4) is 0 Å². The van der Waals surface area contributed by atoms with Crippen LogP contribution < -0.4 is 0 Å². The van der Waals surface area contributed by atoms with Gasteiger partial charge < -0.3 is 4.52 Å². The summed E-state index contributed by atoms with van der Waals surface area (Å²) in [6.45, 7) is 5.51. The van der Waals surface area contributed by atoms with E-state index >= 15 is 0 Å². The summed E-state index contributed by atoms with van der Waals surface area (Å²) in [7, 11) is 0. The lowest BCUT2D eigenvalue weighted by Gasteiger charge is -1.86. The SMILES string of the molecule is C=Cc1nc(Cc2nc(C)cs2)no1. The Morgan fingerprint density at radius 2 is 2.43 bits per heavy atom. The first-order chi connectivity index (χ1) is 6.78. The second kappa shape index (κ2) is 3.71. The molecule has 0 aliphatic heterocycles. The Balaban J connectivity index is 2.14. The van der Waals surface area contributed by atoms with Crippen LogP contribution in [0.4, 0.5) is 0 Å². The number of aromatic nitrogens is 3. The summed E-state index contributed by atoms with van der Waals surface area (Å²) in [6, 6.07) is 0. The van der Waals surface area contributed by atoms with Gasteiger partial charge in [-0.25, -0.2) is 4.98 Å². The monoisotopic (exact) mass is 207 g/mol. The van der Waals surface area contributed by atoms with Crippen molar-refractivity contribution < 1.29 is 4.52 Å². The Bertz CT molecular complexity index is 446. The molecule has 0 saturated carbocycles. The molecule has 0 fully saturated rings. The van der Waals surface area contributed by atoms with E-state index in [0.717, 1.165) is 10.7 Å². The molecule has 0 amide bonds. The molecule has 0 aromatic carbocycles. The van der Waals surface area contributed by atoms with Gasteiger partial charge in [-0.1, -0.05) is 11.7 Å². The van der Waals surface area contributed by atoms with Gasteiger partial charge in [0.1, 0.15) is 5.01 Å². The first-order valence-corrected chi connectivity index (χ1v) is 5.02. The molecule has 0 aliphatic rings. The van der Waals surface area contributed by atoms with Crippen LogP contribution in [0.3, 0.4) is 0 Å². The van der Waals surface area contributed by atoms with E-state index in [-0.39, 0.29) is 0 Å². The van der Waals surface area contributed by atoms with Crippen molar-refractivity contribution in [2.45, 2.75) is 13.3 Å². The molecule has 0 radical (unpaired) electrons. The van der Waals surface area contributed by atoms with Crippen LogP contribution in [0.25, 0.3) is 6.08 Å². The highest BCUT2D eigenvalue weighted by Gasteiger charge is 2.06. The summed E-state index contributed by atoms with van der Waals surface area (Å²) in [5.74, 6) is 1.10. The summed E-state index contributed by atoms with van der Waals surface area (Å²) >= 11 is 1.60. The van der Waals surface area contributed by atoms with E-state index in [1.165, 1.54) is 6.08 Å². The Hall–Kier alpha value is -1.49. The first kappa shape index (κ1) is 9.08. The van der Waals surface area contributed by atoms with Crippen molar-refractivity contribution in [1.82, 2.24) is 15.1 Å². The van der Waals surface area contributed by atoms with E-state index in [9.17, 15) is 0 Å². The fourth-order valence-corrected chi connectivity index (χ4v) is 1.81. The molecule has 2 rings (SSSR count). The van der Waals surface area contributed by atoms with Gasteiger partial charge in [-0.3, -0.25) is 0 Å².